The molecule has 0 saturated heterocycles. The van der Waals surface area contributed by atoms with Crippen LogP contribution in [-0.2, 0) is 20.7 Å². The highest BCUT2D eigenvalue weighted by Gasteiger charge is 2.10. The summed E-state index contributed by atoms with van der Waals surface area (Å²) < 4.78 is 11.9. The lowest BCUT2D eigenvalue weighted by molar-refractivity contribution is -0.147. The summed E-state index contributed by atoms with van der Waals surface area (Å²) >= 11 is 0. The van der Waals surface area contributed by atoms with Gasteiger partial charge in [-0.3, -0.25) is 9.59 Å². The van der Waals surface area contributed by atoms with E-state index in [1.54, 1.807) is 42.3 Å². The third kappa shape index (κ3) is 5.44. The van der Waals surface area contributed by atoms with Gasteiger partial charge in [0.1, 0.15) is 5.75 Å². The highest BCUT2D eigenvalue weighted by Crippen LogP contribution is 2.16. The number of carbonyl (C=O) groups is 2. The topological polar surface area (TPSA) is 82.4 Å². The number of aromatic nitrogens is 2. The molecule has 0 spiro atoms. The van der Waals surface area contributed by atoms with Gasteiger partial charge >= 0.3 is 5.97 Å². The number of anilines is 1. The first-order chi connectivity index (χ1) is 13.6. The number of nitrogens with one attached hydrogen (secondary N) is 1. The minimum atomic E-state index is -0.437. The third-order valence-electron chi connectivity index (χ3n) is 3.99. The highest BCUT2D eigenvalue weighted by molar-refractivity contribution is 5.92. The van der Waals surface area contributed by atoms with Gasteiger partial charge in [-0.05, 0) is 36.2 Å². The number of hydrogen-bond donors (Lipinski definition) is 1. The fraction of sp³-hybridized carbons (Fsp3) is 0.190. The van der Waals surface area contributed by atoms with Gasteiger partial charge in [-0.2, -0.15) is 5.10 Å². The molecular formula is C21H21N3O4. The summed E-state index contributed by atoms with van der Waals surface area (Å²) in [5.41, 5.74) is 2.45. The van der Waals surface area contributed by atoms with Gasteiger partial charge in [0.2, 0.25) is 0 Å². The van der Waals surface area contributed by atoms with Crippen molar-refractivity contribution < 1.29 is 19.1 Å². The Morgan fingerprint density at radius 2 is 1.93 bits per heavy atom. The van der Waals surface area contributed by atoms with E-state index < -0.39 is 11.9 Å². The number of ether oxygens (including phenoxy) is 2. The van der Waals surface area contributed by atoms with Gasteiger partial charge in [-0.15, -0.1) is 0 Å². The number of amides is 1. The Bertz CT molecular complexity index is 938. The number of para-hydroxylation sites is 1. The molecule has 0 aliphatic heterocycles. The molecule has 0 aliphatic carbocycles. The van der Waals surface area contributed by atoms with Crippen LogP contribution in [0.3, 0.4) is 0 Å². The summed E-state index contributed by atoms with van der Waals surface area (Å²) in [5, 5.41) is 6.95. The Labute approximate surface area is 162 Å². The SMILES string of the molecule is COc1cccc(NC(=O)COC(=O)CCc2cnn(-c3ccccc3)c2)c1. The molecular weight excluding hydrogens is 358 g/mol. The van der Waals surface area contributed by atoms with E-state index in [-0.39, 0.29) is 13.0 Å². The number of esters is 1. The average molecular weight is 379 g/mol. The van der Waals surface area contributed by atoms with Crippen molar-refractivity contribution in [3.05, 3.63) is 72.6 Å². The van der Waals surface area contributed by atoms with Crippen molar-refractivity contribution in [2.24, 2.45) is 0 Å². The Kier molecular flexibility index (Phi) is 6.41. The van der Waals surface area contributed by atoms with E-state index >= 15 is 0 Å². The van der Waals surface area contributed by atoms with Crippen LogP contribution in [0.5, 0.6) is 5.75 Å². The Morgan fingerprint density at radius 3 is 2.71 bits per heavy atom. The lowest BCUT2D eigenvalue weighted by atomic mass is 10.2. The molecule has 0 bridgehead atoms. The van der Waals surface area contributed by atoms with Gasteiger partial charge in [-0.1, -0.05) is 24.3 Å². The van der Waals surface area contributed by atoms with Gasteiger partial charge in [0.05, 0.1) is 19.0 Å². The van der Waals surface area contributed by atoms with Crippen LogP contribution in [0, 0.1) is 0 Å². The maximum atomic E-state index is 11.9. The van der Waals surface area contributed by atoms with Crippen LogP contribution in [0.25, 0.3) is 5.69 Å². The molecule has 0 fully saturated rings. The fourth-order valence-electron chi connectivity index (χ4n) is 2.57. The van der Waals surface area contributed by atoms with Crippen LogP contribution in [0.2, 0.25) is 0 Å². The fourth-order valence-corrected chi connectivity index (χ4v) is 2.57. The molecule has 1 aromatic heterocycles. The van der Waals surface area contributed by atoms with Crippen LogP contribution in [0.4, 0.5) is 5.69 Å². The number of hydrogen-bond acceptors (Lipinski definition) is 5. The molecule has 0 unspecified atom stereocenters. The number of carbonyl (C=O) groups excluding carboxylic acids is 2. The second-order valence-corrected chi connectivity index (χ2v) is 6.07. The molecule has 28 heavy (non-hydrogen) atoms. The summed E-state index contributed by atoms with van der Waals surface area (Å²) in [6.07, 6.45) is 4.25. The summed E-state index contributed by atoms with van der Waals surface area (Å²) in [5.74, 6) is -0.211. The molecule has 3 rings (SSSR count). The molecule has 2 aromatic carbocycles. The quantitative estimate of drug-likeness (QED) is 0.609. The number of benzene rings is 2. The Balaban J connectivity index is 1.42. The summed E-state index contributed by atoms with van der Waals surface area (Å²) in [6.45, 7) is -0.334. The van der Waals surface area contributed by atoms with Crippen LogP contribution < -0.4 is 10.1 Å². The summed E-state index contributed by atoms with van der Waals surface area (Å²) in [6, 6.07) is 16.7. The molecule has 0 atom stereocenters. The number of nitrogens with zero attached hydrogens (tertiary/aromatic N) is 2. The molecule has 1 N–H and O–H groups in total. The van der Waals surface area contributed by atoms with Gasteiger partial charge in [-0.25, -0.2) is 4.68 Å². The van der Waals surface area contributed by atoms with Crippen molar-refractivity contribution in [2.45, 2.75) is 12.8 Å². The zero-order chi connectivity index (χ0) is 19.8. The van der Waals surface area contributed by atoms with Gasteiger partial charge in [0.15, 0.2) is 6.61 Å². The van der Waals surface area contributed by atoms with Crippen molar-refractivity contribution in [1.82, 2.24) is 9.78 Å². The first kappa shape index (κ1) is 19.2. The number of methoxy groups -OCH3 is 1. The Hall–Kier alpha value is -3.61. The predicted molar refractivity (Wildman–Crippen MR) is 104 cm³/mol. The smallest absolute Gasteiger partial charge is 0.306 e. The summed E-state index contributed by atoms with van der Waals surface area (Å²) in [7, 11) is 1.55. The van der Waals surface area contributed by atoms with Crippen LogP contribution in [0.1, 0.15) is 12.0 Å². The van der Waals surface area contributed by atoms with Gasteiger partial charge < -0.3 is 14.8 Å². The second-order valence-electron chi connectivity index (χ2n) is 6.07. The normalized spacial score (nSPS) is 10.3. The molecule has 0 aliphatic rings. The van der Waals surface area contributed by atoms with E-state index in [9.17, 15) is 9.59 Å². The molecule has 3 aromatic rings. The monoisotopic (exact) mass is 379 g/mol. The minimum absolute atomic E-state index is 0.174. The lowest BCUT2D eigenvalue weighted by Crippen LogP contribution is -2.21. The standard InChI is InChI=1S/C21H21N3O4/c1-27-19-9-5-6-17(12-19)23-20(25)15-28-21(26)11-10-16-13-22-24(14-16)18-7-3-2-4-8-18/h2-9,12-14H,10-11,15H2,1H3,(H,23,25). The minimum Gasteiger partial charge on any atom is -0.497 e. The third-order valence-corrected chi connectivity index (χ3v) is 3.99. The van der Waals surface area contributed by atoms with Gasteiger partial charge in [0.25, 0.3) is 5.91 Å². The zero-order valence-corrected chi connectivity index (χ0v) is 15.5. The van der Waals surface area contributed by atoms with Crippen molar-refractivity contribution >= 4 is 17.6 Å². The number of aryl methyl sites for hydroxylation is 1. The maximum absolute atomic E-state index is 11.9. The molecule has 0 radical (unpaired) electrons. The average Bonchev–Trinajstić information content (AvgIpc) is 3.20. The molecule has 144 valence electrons. The van der Waals surface area contributed by atoms with E-state index in [2.05, 4.69) is 10.4 Å². The number of rotatable bonds is 8. The van der Waals surface area contributed by atoms with E-state index in [0.29, 0.717) is 17.9 Å². The summed E-state index contributed by atoms with van der Waals surface area (Å²) in [4.78, 5) is 23.8. The predicted octanol–water partition coefficient (Wildman–Crippen LogP) is 3.00. The zero-order valence-electron chi connectivity index (χ0n) is 15.5. The van der Waals surface area contributed by atoms with E-state index in [1.807, 2.05) is 36.5 Å². The van der Waals surface area contributed by atoms with Crippen LogP contribution in [0.15, 0.2) is 67.0 Å². The molecule has 1 amide bonds. The van der Waals surface area contributed by atoms with E-state index in [1.165, 1.54) is 0 Å². The second kappa shape index (κ2) is 9.36. The van der Waals surface area contributed by atoms with Crippen molar-refractivity contribution in [3.63, 3.8) is 0 Å². The molecule has 1 heterocycles. The van der Waals surface area contributed by atoms with Crippen molar-refractivity contribution in [1.29, 1.82) is 0 Å². The maximum Gasteiger partial charge on any atom is 0.306 e. The van der Waals surface area contributed by atoms with Crippen molar-refractivity contribution in [2.75, 3.05) is 19.0 Å². The van der Waals surface area contributed by atoms with E-state index in [0.717, 1.165) is 11.3 Å². The van der Waals surface area contributed by atoms with Crippen LogP contribution in [-0.4, -0.2) is 35.4 Å². The van der Waals surface area contributed by atoms with E-state index in [4.69, 9.17) is 9.47 Å². The lowest BCUT2D eigenvalue weighted by Gasteiger charge is -2.07. The Morgan fingerprint density at radius 1 is 1.11 bits per heavy atom. The van der Waals surface area contributed by atoms with Crippen LogP contribution >= 0.6 is 0 Å². The molecule has 7 nitrogen and oxygen atoms in total. The molecule has 0 saturated carbocycles. The first-order valence-corrected chi connectivity index (χ1v) is 8.82. The first-order valence-electron chi connectivity index (χ1n) is 8.82. The molecule has 7 heteroatoms. The van der Waals surface area contributed by atoms with Gasteiger partial charge in [0, 0.05) is 24.4 Å². The largest absolute Gasteiger partial charge is 0.497 e. The van der Waals surface area contributed by atoms with Crippen molar-refractivity contribution in [3.8, 4) is 11.4 Å². The highest BCUT2D eigenvalue weighted by atomic mass is 16.5.